The summed E-state index contributed by atoms with van der Waals surface area (Å²) in [6.45, 7) is 6.48. The summed E-state index contributed by atoms with van der Waals surface area (Å²) >= 11 is 0. The zero-order valence-corrected chi connectivity index (χ0v) is 18.7. The summed E-state index contributed by atoms with van der Waals surface area (Å²) in [6.07, 6.45) is 4.24. The predicted molar refractivity (Wildman–Crippen MR) is 131 cm³/mol. The number of rotatable bonds is 4. The lowest BCUT2D eigenvalue weighted by molar-refractivity contribution is 0.229. The van der Waals surface area contributed by atoms with Crippen molar-refractivity contribution in [1.82, 2.24) is 30.2 Å². The summed E-state index contributed by atoms with van der Waals surface area (Å²) in [5.74, 6) is 2.20. The van der Waals surface area contributed by atoms with Crippen LogP contribution in [0.3, 0.4) is 0 Å². The van der Waals surface area contributed by atoms with Gasteiger partial charge in [0, 0.05) is 37.5 Å². The maximum absolute atomic E-state index is 14.8. The molecule has 2 unspecified atom stereocenters. The van der Waals surface area contributed by atoms with Crippen molar-refractivity contribution in [3.05, 3.63) is 35.7 Å². The first-order valence-corrected chi connectivity index (χ1v) is 11.2. The standard InChI is InChI=1S/C23H25FN8O.CH4/c1-11-15(24)6-16(25-3)20-18(11)19-21(29-20)30-23(33-14-8-27-12(2)28-9-14)31-22(19)32-10-13-7-26-5-4-17(13)32;/h6,8-9,13,17,25-26H,4-5,7,10H2,1-3H3,(H,29,30,31);1H4. The van der Waals surface area contributed by atoms with Crippen LogP contribution >= 0.6 is 0 Å². The molecule has 2 fully saturated rings. The van der Waals surface area contributed by atoms with Crippen molar-refractivity contribution in [2.75, 3.05) is 36.9 Å². The molecule has 9 nitrogen and oxygen atoms in total. The molecule has 178 valence electrons. The summed E-state index contributed by atoms with van der Waals surface area (Å²) in [5.41, 5.74) is 2.67. The van der Waals surface area contributed by atoms with E-state index >= 15 is 0 Å². The molecule has 34 heavy (non-hydrogen) atoms. The Morgan fingerprint density at radius 2 is 1.97 bits per heavy atom. The molecule has 2 aliphatic heterocycles. The lowest BCUT2D eigenvalue weighted by Gasteiger charge is -2.51. The predicted octanol–water partition coefficient (Wildman–Crippen LogP) is 3.93. The Hall–Kier alpha value is -3.53. The van der Waals surface area contributed by atoms with Gasteiger partial charge in [0.1, 0.15) is 23.1 Å². The summed E-state index contributed by atoms with van der Waals surface area (Å²) in [5, 5.41) is 8.18. The number of H-pyrrole nitrogens is 1. The van der Waals surface area contributed by atoms with Crippen LogP contribution in [0.25, 0.3) is 21.9 Å². The fraction of sp³-hybridized carbons (Fsp3) is 0.417. The van der Waals surface area contributed by atoms with Gasteiger partial charge in [0.2, 0.25) is 0 Å². The minimum Gasteiger partial charge on any atom is -0.421 e. The Labute approximate surface area is 197 Å². The maximum Gasteiger partial charge on any atom is 0.326 e. The zero-order chi connectivity index (χ0) is 22.7. The van der Waals surface area contributed by atoms with E-state index in [9.17, 15) is 4.39 Å². The van der Waals surface area contributed by atoms with Gasteiger partial charge in [-0.3, -0.25) is 0 Å². The first-order valence-electron chi connectivity index (χ1n) is 11.2. The molecular weight excluding hydrogens is 435 g/mol. The molecule has 0 aliphatic carbocycles. The first kappa shape index (κ1) is 22.3. The third-order valence-corrected chi connectivity index (χ3v) is 6.79. The molecule has 0 saturated carbocycles. The van der Waals surface area contributed by atoms with Crippen molar-refractivity contribution in [3.63, 3.8) is 0 Å². The quantitative estimate of drug-likeness (QED) is 0.417. The third kappa shape index (κ3) is 3.40. The molecule has 2 saturated heterocycles. The van der Waals surface area contributed by atoms with E-state index < -0.39 is 0 Å². The van der Waals surface area contributed by atoms with E-state index in [2.05, 4.69) is 35.5 Å². The Balaban J connectivity index is 0.00000241. The van der Waals surface area contributed by atoms with Gasteiger partial charge in [-0.15, -0.1) is 0 Å². The van der Waals surface area contributed by atoms with E-state index in [1.807, 2.05) is 6.92 Å². The Bertz CT molecular complexity index is 1370. The van der Waals surface area contributed by atoms with Gasteiger partial charge >= 0.3 is 6.01 Å². The first-order chi connectivity index (χ1) is 16.0. The van der Waals surface area contributed by atoms with Crippen molar-refractivity contribution in [2.24, 2.45) is 5.92 Å². The average Bonchev–Trinajstić information content (AvgIpc) is 3.18. The number of anilines is 2. The van der Waals surface area contributed by atoms with Crippen molar-refractivity contribution in [2.45, 2.75) is 33.7 Å². The van der Waals surface area contributed by atoms with Crippen molar-refractivity contribution in [1.29, 1.82) is 0 Å². The summed E-state index contributed by atoms with van der Waals surface area (Å²) < 4.78 is 20.8. The second-order valence-corrected chi connectivity index (χ2v) is 8.75. The molecule has 2 aliphatic rings. The lowest BCUT2D eigenvalue weighted by atomic mass is 9.83. The van der Waals surface area contributed by atoms with Gasteiger partial charge in [0.15, 0.2) is 5.75 Å². The molecule has 3 aromatic heterocycles. The van der Waals surface area contributed by atoms with Crippen LogP contribution in [0.2, 0.25) is 0 Å². The number of aryl methyl sites for hydroxylation is 2. The number of aromatic amines is 1. The molecule has 2 atom stereocenters. The smallest absolute Gasteiger partial charge is 0.326 e. The van der Waals surface area contributed by atoms with Crippen molar-refractivity contribution in [3.8, 4) is 11.8 Å². The minimum absolute atomic E-state index is 0. The van der Waals surface area contributed by atoms with Crippen molar-refractivity contribution >= 4 is 33.4 Å². The van der Waals surface area contributed by atoms with Crippen LogP contribution in [-0.2, 0) is 0 Å². The molecule has 4 aromatic rings. The fourth-order valence-electron chi connectivity index (χ4n) is 5.05. The van der Waals surface area contributed by atoms with E-state index in [0.29, 0.717) is 40.4 Å². The molecule has 5 heterocycles. The van der Waals surface area contributed by atoms with Crippen LogP contribution in [0.1, 0.15) is 25.2 Å². The zero-order valence-electron chi connectivity index (χ0n) is 18.7. The summed E-state index contributed by atoms with van der Waals surface area (Å²) in [7, 11) is 1.78. The second kappa shape index (κ2) is 8.35. The SMILES string of the molecule is C.CNc1cc(F)c(C)c2c1[nH]c1nc(Oc3cnc(C)nc3)nc(N3CC4CNCCC43)c12. The molecule has 6 rings (SSSR count). The minimum atomic E-state index is -0.265. The van der Waals surface area contributed by atoms with Gasteiger partial charge < -0.3 is 25.3 Å². The summed E-state index contributed by atoms with van der Waals surface area (Å²) in [6, 6.07) is 2.11. The highest BCUT2D eigenvalue weighted by Gasteiger charge is 2.42. The Kier molecular flexibility index (Phi) is 5.47. The highest BCUT2D eigenvalue weighted by molar-refractivity contribution is 6.16. The molecule has 0 spiro atoms. The number of hydrogen-bond donors (Lipinski definition) is 3. The second-order valence-electron chi connectivity index (χ2n) is 8.75. The van der Waals surface area contributed by atoms with E-state index in [0.717, 1.165) is 48.2 Å². The van der Waals surface area contributed by atoms with Crippen molar-refractivity contribution < 1.29 is 9.13 Å². The monoisotopic (exact) mass is 464 g/mol. The molecule has 0 radical (unpaired) electrons. The number of fused-ring (bicyclic) bond motifs is 4. The molecule has 0 bridgehead atoms. The highest BCUT2D eigenvalue weighted by Crippen LogP contribution is 2.43. The van der Waals surface area contributed by atoms with E-state index in [-0.39, 0.29) is 19.3 Å². The molecule has 0 amide bonds. The lowest BCUT2D eigenvalue weighted by Crippen LogP contribution is -2.63. The van der Waals surface area contributed by atoms with Crippen LogP contribution < -0.4 is 20.3 Å². The fourth-order valence-corrected chi connectivity index (χ4v) is 5.05. The average molecular weight is 465 g/mol. The van der Waals surface area contributed by atoms with E-state index in [1.54, 1.807) is 26.4 Å². The number of hydrogen-bond acceptors (Lipinski definition) is 8. The van der Waals surface area contributed by atoms with E-state index in [4.69, 9.17) is 9.72 Å². The van der Waals surface area contributed by atoms with Gasteiger partial charge in [-0.05, 0) is 38.4 Å². The Morgan fingerprint density at radius 3 is 2.71 bits per heavy atom. The largest absolute Gasteiger partial charge is 0.421 e. The topological polar surface area (TPSA) is 104 Å². The third-order valence-electron chi connectivity index (χ3n) is 6.79. The van der Waals surface area contributed by atoms with Gasteiger partial charge in [-0.25, -0.2) is 14.4 Å². The number of aromatic nitrogens is 5. The van der Waals surface area contributed by atoms with Crippen LogP contribution in [0.4, 0.5) is 15.9 Å². The van der Waals surface area contributed by atoms with Gasteiger partial charge in [-0.1, -0.05) is 7.43 Å². The number of piperidine rings is 1. The number of nitrogens with zero attached hydrogens (tertiary/aromatic N) is 5. The van der Waals surface area contributed by atoms with Gasteiger partial charge in [0.25, 0.3) is 0 Å². The summed E-state index contributed by atoms with van der Waals surface area (Å²) in [4.78, 5) is 23.6. The normalized spacial score (nSPS) is 19.5. The number of benzene rings is 1. The Morgan fingerprint density at radius 1 is 1.18 bits per heavy atom. The molecule has 3 N–H and O–H groups in total. The number of halogens is 1. The van der Waals surface area contributed by atoms with Crippen LogP contribution in [0, 0.1) is 25.6 Å². The van der Waals surface area contributed by atoms with Crippen LogP contribution in [0.5, 0.6) is 11.8 Å². The maximum atomic E-state index is 14.8. The molecule has 10 heteroatoms. The molecule has 1 aromatic carbocycles. The van der Waals surface area contributed by atoms with E-state index in [1.165, 1.54) is 6.07 Å². The van der Waals surface area contributed by atoms with Crippen LogP contribution in [0.15, 0.2) is 18.5 Å². The van der Waals surface area contributed by atoms with Crippen LogP contribution in [-0.4, -0.2) is 57.6 Å². The number of nitrogens with one attached hydrogen (secondary N) is 3. The molecular formula is C24H29FN8O. The highest BCUT2D eigenvalue weighted by atomic mass is 19.1. The van der Waals surface area contributed by atoms with Gasteiger partial charge in [-0.2, -0.15) is 9.97 Å². The van der Waals surface area contributed by atoms with Gasteiger partial charge in [0.05, 0.1) is 29.0 Å². The number of ether oxygens (including phenoxy) is 1.